The summed E-state index contributed by atoms with van der Waals surface area (Å²) in [5, 5.41) is 4.18. The van der Waals surface area contributed by atoms with Crippen molar-refractivity contribution in [1.29, 1.82) is 0 Å². The second-order valence-corrected chi connectivity index (χ2v) is 6.04. The van der Waals surface area contributed by atoms with Crippen LogP contribution in [0, 0.1) is 0 Å². The lowest BCUT2D eigenvalue weighted by Gasteiger charge is -2.11. The van der Waals surface area contributed by atoms with Gasteiger partial charge in [-0.05, 0) is 41.5 Å². The molecule has 1 heterocycles. The van der Waals surface area contributed by atoms with Gasteiger partial charge in [-0.25, -0.2) is 5.43 Å². The summed E-state index contributed by atoms with van der Waals surface area (Å²) < 4.78 is 16.9. The Labute approximate surface area is 162 Å². The average Bonchev–Trinajstić information content (AvgIpc) is 3.16. The molecule has 4 rings (SSSR count). The summed E-state index contributed by atoms with van der Waals surface area (Å²) in [5.74, 6) is 1.32. The van der Waals surface area contributed by atoms with Gasteiger partial charge in [-0.3, -0.25) is 0 Å². The first-order valence-corrected chi connectivity index (χ1v) is 8.81. The zero-order valence-corrected chi connectivity index (χ0v) is 15.3. The molecule has 6 heteroatoms. The van der Waals surface area contributed by atoms with E-state index in [0.717, 1.165) is 16.6 Å². The zero-order chi connectivity index (χ0) is 19.2. The fourth-order valence-corrected chi connectivity index (χ4v) is 2.70. The summed E-state index contributed by atoms with van der Waals surface area (Å²) in [4.78, 5) is 4.31. The van der Waals surface area contributed by atoms with Crippen molar-refractivity contribution in [3.05, 3.63) is 83.9 Å². The molecule has 0 bridgehead atoms. The van der Waals surface area contributed by atoms with Gasteiger partial charge in [-0.1, -0.05) is 42.5 Å². The highest BCUT2D eigenvalue weighted by Gasteiger charge is 2.06. The number of hydrogen-bond donors (Lipinski definition) is 1. The number of ether oxygens (including phenoxy) is 2. The summed E-state index contributed by atoms with van der Waals surface area (Å²) in [6.07, 6.45) is 1.67. The van der Waals surface area contributed by atoms with Crippen LogP contribution in [0.1, 0.15) is 11.1 Å². The van der Waals surface area contributed by atoms with Gasteiger partial charge in [0.2, 0.25) is 0 Å². The number of fused-ring (bicyclic) bond motifs is 1. The molecule has 140 valence electrons. The van der Waals surface area contributed by atoms with Gasteiger partial charge in [-0.15, -0.1) is 0 Å². The molecule has 0 radical (unpaired) electrons. The van der Waals surface area contributed by atoms with E-state index in [0.29, 0.717) is 29.7 Å². The van der Waals surface area contributed by atoms with E-state index in [4.69, 9.17) is 13.9 Å². The number of hydrogen-bond acceptors (Lipinski definition) is 6. The number of anilines is 1. The van der Waals surface area contributed by atoms with Gasteiger partial charge in [0.25, 0.3) is 0 Å². The van der Waals surface area contributed by atoms with Gasteiger partial charge in [0.15, 0.2) is 17.1 Å². The van der Waals surface area contributed by atoms with Crippen molar-refractivity contribution in [2.24, 2.45) is 5.10 Å². The number of oxazole rings is 1. The first-order chi connectivity index (χ1) is 13.8. The number of rotatable bonds is 7. The molecule has 0 atom stereocenters. The van der Waals surface area contributed by atoms with Gasteiger partial charge in [-0.2, -0.15) is 10.1 Å². The Morgan fingerprint density at radius 3 is 2.64 bits per heavy atom. The molecule has 0 amide bonds. The third-order valence-electron chi connectivity index (χ3n) is 4.09. The van der Waals surface area contributed by atoms with Gasteiger partial charge in [0.05, 0.1) is 13.3 Å². The normalized spacial score (nSPS) is 11.0. The highest BCUT2D eigenvalue weighted by molar-refractivity contribution is 5.81. The molecule has 0 saturated carbocycles. The van der Waals surface area contributed by atoms with Crippen LogP contribution in [0.3, 0.4) is 0 Å². The molecular weight excluding hydrogens is 354 g/mol. The minimum Gasteiger partial charge on any atom is -0.493 e. The molecule has 1 aromatic heterocycles. The highest BCUT2D eigenvalue weighted by atomic mass is 16.5. The Morgan fingerprint density at radius 2 is 1.82 bits per heavy atom. The van der Waals surface area contributed by atoms with Crippen molar-refractivity contribution >= 4 is 23.3 Å². The minimum absolute atomic E-state index is 0.340. The summed E-state index contributed by atoms with van der Waals surface area (Å²) in [6, 6.07) is 23.5. The second kappa shape index (κ2) is 8.26. The molecule has 0 aliphatic heterocycles. The Balaban J connectivity index is 1.42. The number of methoxy groups -OCH3 is 1. The van der Waals surface area contributed by atoms with Crippen LogP contribution < -0.4 is 14.9 Å². The van der Waals surface area contributed by atoms with Crippen LogP contribution in [0.4, 0.5) is 6.01 Å². The maximum atomic E-state index is 5.87. The van der Waals surface area contributed by atoms with Crippen molar-refractivity contribution < 1.29 is 13.9 Å². The third kappa shape index (κ3) is 4.12. The maximum Gasteiger partial charge on any atom is 0.316 e. The van der Waals surface area contributed by atoms with E-state index < -0.39 is 0 Å². The number of nitrogens with one attached hydrogen (secondary N) is 1. The number of hydrazone groups is 1. The molecule has 0 unspecified atom stereocenters. The van der Waals surface area contributed by atoms with Crippen LogP contribution in [0.25, 0.3) is 11.1 Å². The van der Waals surface area contributed by atoms with E-state index >= 15 is 0 Å². The molecule has 28 heavy (non-hydrogen) atoms. The predicted octanol–water partition coefficient (Wildman–Crippen LogP) is 4.86. The molecule has 0 spiro atoms. The Kier molecular flexibility index (Phi) is 5.20. The van der Waals surface area contributed by atoms with Crippen molar-refractivity contribution in [3.8, 4) is 11.5 Å². The van der Waals surface area contributed by atoms with E-state index in [1.165, 1.54) is 0 Å². The fraction of sp³-hybridized carbons (Fsp3) is 0.0909. The van der Waals surface area contributed by atoms with E-state index in [1.807, 2.05) is 72.8 Å². The lowest BCUT2D eigenvalue weighted by atomic mass is 10.2. The van der Waals surface area contributed by atoms with Crippen LogP contribution in [0.5, 0.6) is 11.5 Å². The van der Waals surface area contributed by atoms with E-state index in [1.54, 1.807) is 13.3 Å². The number of para-hydroxylation sites is 2. The average molecular weight is 373 g/mol. The van der Waals surface area contributed by atoms with Crippen LogP contribution in [0.15, 0.2) is 82.3 Å². The van der Waals surface area contributed by atoms with Crippen LogP contribution in [-0.4, -0.2) is 18.3 Å². The quantitative estimate of drug-likeness (QED) is 0.370. The Bertz CT molecular complexity index is 1060. The molecule has 4 aromatic rings. The monoisotopic (exact) mass is 373 g/mol. The van der Waals surface area contributed by atoms with Crippen LogP contribution in [0.2, 0.25) is 0 Å². The second-order valence-electron chi connectivity index (χ2n) is 6.04. The standard InChI is InChI=1S/C22H19N3O3/c1-26-21-13-17(11-12-20(21)27-15-16-7-3-2-4-8-16)14-23-25-22-24-18-9-5-6-10-19(18)28-22/h2-14H,15H2,1H3,(H,24,25). The van der Waals surface area contributed by atoms with Crippen molar-refractivity contribution in [3.63, 3.8) is 0 Å². The van der Waals surface area contributed by atoms with E-state index in [2.05, 4.69) is 15.5 Å². The lowest BCUT2D eigenvalue weighted by molar-refractivity contribution is 0.284. The molecule has 0 aliphatic rings. The summed E-state index contributed by atoms with van der Waals surface area (Å²) in [6.45, 7) is 0.476. The molecule has 0 fully saturated rings. The SMILES string of the molecule is COc1cc(C=NNc2nc3ccccc3o2)ccc1OCc1ccccc1. The van der Waals surface area contributed by atoms with Crippen molar-refractivity contribution in [2.75, 3.05) is 12.5 Å². The number of aromatic nitrogens is 1. The van der Waals surface area contributed by atoms with E-state index in [-0.39, 0.29) is 0 Å². The predicted molar refractivity (Wildman–Crippen MR) is 109 cm³/mol. The molecule has 0 saturated heterocycles. The van der Waals surface area contributed by atoms with Gasteiger partial charge in [0.1, 0.15) is 12.1 Å². The van der Waals surface area contributed by atoms with Crippen LogP contribution >= 0.6 is 0 Å². The van der Waals surface area contributed by atoms with Crippen molar-refractivity contribution in [2.45, 2.75) is 6.61 Å². The van der Waals surface area contributed by atoms with E-state index in [9.17, 15) is 0 Å². The maximum absolute atomic E-state index is 5.87. The first-order valence-electron chi connectivity index (χ1n) is 8.81. The van der Waals surface area contributed by atoms with Crippen molar-refractivity contribution in [1.82, 2.24) is 4.98 Å². The Morgan fingerprint density at radius 1 is 1.00 bits per heavy atom. The Hall–Kier alpha value is -3.80. The topological polar surface area (TPSA) is 68.9 Å². The molecule has 0 aliphatic carbocycles. The largest absolute Gasteiger partial charge is 0.493 e. The highest BCUT2D eigenvalue weighted by Crippen LogP contribution is 2.28. The molecule has 3 aromatic carbocycles. The van der Waals surface area contributed by atoms with Gasteiger partial charge >= 0.3 is 6.01 Å². The number of nitrogens with zero attached hydrogens (tertiary/aromatic N) is 2. The first kappa shape index (κ1) is 17.6. The summed E-state index contributed by atoms with van der Waals surface area (Å²) in [7, 11) is 1.61. The molecule has 1 N–H and O–H groups in total. The smallest absolute Gasteiger partial charge is 0.316 e. The minimum atomic E-state index is 0.340. The summed E-state index contributed by atoms with van der Waals surface area (Å²) in [5.41, 5.74) is 6.24. The lowest BCUT2D eigenvalue weighted by Crippen LogP contribution is -1.98. The number of benzene rings is 3. The van der Waals surface area contributed by atoms with Crippen LogP contribution in [-0.2, 0) is 6.61 Å². The van der Waals surface area contributed by atoms with Gasteiger partial charge < -0.3 is 13.9 Å². The zero-order valence-electron chi connectivity index (χ0n) is 15.3. The third-order valence-corrected chi connectivity index (χ3v) is 4.09. The van der Waals surface area contributed by atoms with Gasteiger partial charge in [0, 0.05) is 0 Å². The molecular formula is C22H19N3O3. The fourth-order valence-electron chi connectivity index (χ4n) is 2.70. The summed E-state index contributed by atoms with van der Waals surface area (Å²) >= 11 is 0. The molecule has 6 nitrogen and oxygen atoms in total.